The number of rotatable bonds is 7. The van der Waals surface area contributed by atoms with Crippen molar-refractivity contribution >= 4 is 47.1 Å². The number of nitrogens with one attached hydrogen (secondary N) is 1. The van der Waals surface area contributed by atoms with Gasteiger partial charge in [-0.1, -0.05) is 11.8 Å². The highest BCUT2D eigenvalue weighted by atomic mass is 35.5. The molecule has 0 radical (unpaired) electrons. The Morgan fingerprint density at radius 1 is 1.10 bits per heavy atom. The zero-order valence-corrected chi connectivity index (χ0v) is 24.2. The van der Waals surface area contributed by atoms with Crippen molar-refractivity contribution in [2.75, 3.05) is 53.1 Å². The zero-order valence-electron chi connectivity index (χ0n) is 22.6. The number of aromatic nitrogens is 1. The molecule has 2 aliphatic heterocycles. The summed E-state index contributed by atoms with van der Waals surface area (Å²) in [5.41, 5.74) is 3.01. The summed E-state index contributed by atoms with van der Waals surface area (Å²) in [5.74, 6) is 8.59. The van der Waals surface area contributed by atoms with Gasteiger partial charge in [-0.25, -0.2) is 0 Å². The standard InChI is InChI=1S/C29H30N4O5.2ClH/c1-33-11-9-21(10-12-33)38-25-15-22(35-3)14-24-26(25)27(20(16-30)17-31-24)32-23-8-7-19(6-4-5-13-34-2)28-29(23)37-18-36-28;;/h7-8,14-15,17,21H,5,9-13,18H2,1-3H3,(H,31,32);2*1H. The first kappa shape index (κ1) is 30.9. The van der Waals surface area contributed by atoms with Gasteiger partial charge >= 0.3 is 0 Å². The number of halogens is 2. The van der Waals surface area contributed by atoms with Crippen LogP contribution in [0.4, 0.5) is 11.4 Å². The summed E-state index contributed by atoms with van der Waals surface area (Å²) in [5, 5.41) is 14.1. The third-order valence-electron chi connectivity index (χ3n) is 6.65. The number of fused-ring (bicyclic) bond motifs is 2. The van der Waals surface area contributed by atoms with Gasteiger partial charge in [0, 0.05) is 44.9 Å². The summed E-state index contributed by atoms with van der Waals surface area (Å²) in [6, 6.07) is 9.72. The monoisotopic (exact) mass is 586 g/mol. The molecule has 1 aromatic heterocycles. The first-order valence-electron chi connectivity index (χ1n) is 12.5. The predicted octanol–water partition coefficient (Wildman–Crippen LogP) is 5.29. The molecule has 0 bridgehead atoms. The van der Waals surface area contributed by atoms with E-state index in [0.29, 0.717) is 63.9 Å². The summed E-state index contributed by atoms with van der Waals surface area (Å²) < 4.78 is 28.7. The first-order chi connectivity index (χ1) is 18.6. The van der Waals surface area contributed by atoms with Crippen LogP contribution >= 0.6 is 24.8 Å². The minimum atomic E-state index is 0. The lowest BCUT2D eigenvalue weighted by molar-refractivity contribution is 0.115. The number of anilines is 2. The fourth-order valence-corrected chi connectivity index (χ4v) is 4.61. The van der Waals surface area contributed by atoms with Gasteiger partial charge in [0.15, 0.2) is 11.5 Å². The molecule has 2 aliphatic rings. The topological polar surface area (TPSA) is 98.1 Å². The average Bonchev–Trinajstić information content (AvgIpc) is 3.44. The molecule has 1 fully saturated rings. The third kappa shape index (κ3) is 6.57. The summed E-state index contributed by atoms with van der Waals surface area (Å²) in [4.78, 5) is 6.84. The minimum Gasteiger partial charge on any atom is -0.497 e. The van der Waals surface area contributed by atoms with E-state index in [4.69, 9.17) is 23.7 Å². The summed E-state index contributed by atoms with van der Waals surface area (Å²) in [6.07, 6.45) is 4.04. The van der Waals surface area contributed by atoms with Crippen molar-refractivity contribution in [1.82, 2.24) is 9.88 Å². The molecule has 3 aromatic rings. The van der Waals surface area contributed by atoms with Gasteiger partial charge in [0.1, 0.15) is 23.7 Å². The molecule has 11 heteroatoms. The molecule has 3 heterocycles. The van der Waals surface area contributed by atoms with Crippen LogP contribution < -0.4 is 24.3 Å². The maximum absolute atomic E-state index is 9.99. The van der Waals surface area contributed by atoms with Crippen molar-refractivity contribution in [3.8, 4) is 40.9 Å². The largest absolute Gasteiger partial charge is 0.497 e. The van der Waals surface area contributed by atoms with Gasteiger partial charge in [0.25, 0.3) is 0 Å². The first-order valence-corrected chi connectivity index (χ1v) is 12.5. The number of nitriles is 1. The fraction of sp³-hybridized carbons (Fsp3) is 0.379. The Bertz CT molecular complexity index is 1440. The molecule has 9 nitrogen and oxygen atoms in total. The average molecular weight is 588 g/mol. The molecule has 0 amide bonds. The SMILES string of the molecule is COCCC#Cc1ccc(Nc2c(C#N)cnc3cc(OC)cc(OC4CCN(C)CC4)c23)c2c1OCO2.Cl.Cl. The normalized spacial score (nSPS) is 14.2. The van der Waals surface area contributed by atoms with Crippen molar-refractivity contribution < 1.29 is 23.7 Å². The molecule has 0 saturated carbocycles. The van der Waals surface area contributed by atoms with E-state index in [-0.39, 0.29) is 37.7 Å². The Morgan fingerprint density at radius 2 is 1.88 bits per heavy atom. The van der Waals surface area contributed by atoms with Crippen molar-refractivity contribution in [2.24, 2.45) is 0 Å². The third-order valence-corrected chi connectivity index (χ3v) is 6.65. The lowest BCUT2D eigenvalue weighted by Crippen LogP contribution is -2.35. The van der Waals surface area contributed by atoms with Crippen LogP contribution in [0.15, 0.2) is 30.5 Å². The summed E-state index contributed by atoms with van der Waals surface area (Å²) in [7, 11) is 5.38. The number of hydrogen-bond acceptors (Lipinski definition) is 9. The van der Waals surface area contributed by atoms with Gasteiger partial charge in [-0.15, -0.1) is 24.8 Å². The molecule has 212 valence electrons. The second kappa shape index (κ2) is 14.2. The summed E-state index contributed by atoms with van der Waals surface area (Å²) >= 11 is 0. The number of benzene rings is 2. The van der Waals surface area contributed by atoms with Gasteiger partial charge in [-0.05, 0) is 32.0 Å². The lowest BCUT2D eigenvalue weighted by atomic mass is 10.1. The maximum Gasteiger partial charge on any atom is 0.231 e. The van der Waals surface area contributed by atoms with Gasteiger partial charge in [0.2, 0.25) is 6.79 Å². The molecule has 40 heavy (non-hydrogen) atoms. The van der Waals surface area contributed by atoms with Crippen LogP contribution in [0.5, 0.6) is 23.0 Å². The van der Waals surface area contributed by atoms with Crippen molar-refractivity contribution in [3.63, 3.8) is 0 Å². The van der Waals surface area contributed by atoms with Crippen LogP contribution in [0.25, 0.3) is 10.9 Å². The molecular formula is C29H32Cl2N4O5. The van der Waals surface area contributed by atoms with E-state index in [1.165, 1.54) is 0 Å². The number of likely N-dealkylation sites (tertiary alicyclic amines) is 1. The highest BCUT2D eigenvalue weighted by Gasteiger charge is 2.25. The van der Waals surface area contributed by atoms with E-state index < -0.39 is 0 Å². The van der Waals surface area contributed by atoms with Crippen LogP contribution in [0.3, 0.4) is 0 Å². The van der Waals surface area contributed by atoms with Crippen molar-refractivity contribution in [1.29, 1.82) is 5.26 Å². The smallest absolute Gasteiger partial charge is 0.231 e. The van der Waals surface area contributed by atoms with Crippen LogP contribution in [-0.4, -0.2) is 63.7 Å². The van der Waals surface area contributed by atoms with Crippen molar-refractivity contribution in [3.05, 3.63) is 41.6 Å². The number of pyridine rings is 1. The summed E-state index contributed by atoms with van der Waals surface area (Å²) in [6.45, 7) is 2.57. The Balaban J connectivity index is 0.00000220. The number of ether oxygens (including phenoxy) is 5. The van der Waals surface area contributed by atoms with E-state index in [1.54, 1.807) is 20.4 Å². The highest BCUT2D eigenvalue weighted by molar-refractivity contribution is 6.01. The zero-order chi connectivity index (χ0) is 26.5. The number of piperidine rings is 1. The molecule has 0 unspecified atom stereocenters. The van der Waals surface area contributed by atoms with Crippen LogP contribution in [0.1, 0.15) is 30.4 Å². The van der Waals surface area contributed by atoms with Crippen LogP contribution in [-0.2, 0) is 4.74 Å². The predicted molar refractivity (Wildman–Crippen MR) is 158 cm³/mol. The van der Waals surface area contributed by atoms with E-state index in [2.05, 4.69) is 40.2 Å². The molecule has 0 atom stereocenters. The number of nitrogens with zero attached hydrogens (tertiary/aromatic N) is 3. The minimum absolute atomic E-state index is 0. The Labute approximate surface area is 246 Å². The van der Waals surface area contributed by atoms with Gasteiger partial charge in [0.05, 0.1) is 47.1 Å². The van der Waals surface area contributed by atoms with Gasteiger partial charge < -0.3 is 33.9 Å². The molecule has 0 spiro atoms. The van der Waals surface area contributed by atoms with E-state index in [9.17, 15) is 5.26 Å². The second-order valence-corrected chi connectivity index (χ2v) is 9.19. The molecule has 1 saturated heterocycles. The molecular weight excluding hydrogens is 555 g/mol. The lowest BCUT2D eigenvalue weighted by Gasteiger charge is -2.30. The Morgan fingerprint density at radius 3 is 2.60 bits per heavy atom. The number of methoxy groups -OCH3 is 2. The van der Waals surface area contributed by atoms with E-state index in [1.807, 2.05) is 24.3 Å². The van der Waals surface area contributed by atoms with E-state index in [0.717, 1.165) is 31.5 Å². The Kier molecular flexibility index (Phi) is 10.9. The van der Waals surface area contributed by atoms with Crippen LogP contribution in [0, 0.1) is 23.2 Å². The van der Waals surface area contributed by atoms with Gasteiger partial charge in [-0.2, -0.15) is 5.26 Å². The van der Waals surface area contributed by atoms with E-state index >= 15 is 0 Å². The van der Waals surface area contributed by atoms with Gasteiger partial charge in [-0.3, -0.25) is 4.98 Å². The Hall–Kier alpha value is -3.60. The number of hydrogen-bond donors (Lipinski definition) is 1. The maximum atomic E-state index is 9.99. The molecule has 1 N–H and O–H groups in total. The molecule has 0 aliphatic carbocycles. The quantitative estimate of drug-likeness (QED) is 0.292. The second-order valence-electron chi connectivity index (χ2n) is 9.19. The van der Waals surface area contributed by atoms with Crippen LogP contribution in [0.2, 0.25) is 0 Å². The fourth-order valence-electron chi connectivity index (χ4n) is 4.61. The molecule has 5 rings (SSSR count). The van der Waals surface area contributed by atoms with Crippen molar-refractivity contribution in [2.45, 2.75) is 25.4 Å². The molecule has 2 aromatic carbocycles. The highest BCUT2D eigenvalue weighted by Crippen LogP contribution is 2.45.